The number of aromatic nitrogens is 4. The quantitative estimate of drug-likeness (QED) is 0.172. The first-order valence-electron chi connectivity index (χ1n) is 19.0. The van der Waals surface area contributed by atoms with Gasteiger partial charge >= 0.3 is 0 Å². The van der Waals surface area contributed by atoms with Crippen molar-refractivity contribution in [1.82, 2.24) is 19.1 Å². The Labute approximate surface area is 324 Å². The van der Waals surface area contributed by atoms with Crippen LogP contribution in [0.3, 0.4) is 0 Å². The van der Waals surface area contributed by atoms with Crippen LogP contribution in [0.15, 0.2) is 206 Å². The highest BCUT2D eigenvalue weighted by Gasteiger charge is 2.19. The van der Waals surface area contributed by atoms with Gasteiger partial charge in [0.25, 0.3) is 0 Å². The van der Waals surface area contributed by atoms with Crippen molar-refractivity contribution in [2.75, 3.05) is 0 Å². The summed E-state index contributed by atoms with van der Waals surface area (Å²) in [4.78, 5) is 10.0. The zero-order valence-corrected chi connectivity index (χ0v) is 30.4. The number of rotatable bonds is 6. The Kier molecular flexibility index (Phi) is 7.46. The van der Waals surface area contributed by atoms with E-state index < -0.39 is 0 Å². The van der Waals surface area contributed by atoms with Crippen LogP contribution < -0.4 is 0 Å². The topological polar surface area (TPSA) is 35.6 Å². The molecule has 0 saturated heterocycles. The van der Waals surface area contributed by atoms with E-state index in [0.717, 1.165) is 72.5 Å². The number of hydrogen-bond donors (Lipinski definition) is 0. The van der Waals surface area contributed by atoms with Crippen molar-refractivity contribution in [3.05, 3.63) is 206 Å². The van der Waals surface area contributed by atoms with Crippen LogP contribution >= 0.6 is 0 Å². The molecular formula is C52H34N4. The van der Waals surface area contributed by atoms with E-state index in [1.165, 1.54) is 27.4 Å². The minimum Gasteiger partial charge on any atom is -0.309 e. The van der Waals surface area contributed by atoms with Gasteiger partial charge in [0, 0.05) is 50.4 Å². The molecule has 262 valence electrons. The summed E-state index contributed by atoms with van der Waals surface area (Å²) < 4.78 is 4.76. The molecule has 0 aliphatic heterocycles. The lowest BCUT2D eigenvalue weighted by Gasteiger charge is -2.13. The van der Waals surface area contributed by atoms with Crippen molar-refractivity contribution >= 4 is 43.7 Å². The lowest BCUT2D eigenvalue weighted by atomic mass is 9.99. The number of para-hydroxylation sites is 3. The van der Waals surface area contributed by atoms with Crippen LogP contribution in [0.1, 0.15) is 0 Å². The van der Waals surface area contributed by atoms with Crippen LogP contribution in [0.5, 0.6) is 0 Å². The van der Waals surface area contributed by atoms with E-state index >= 15 is 0 Å². The van der Waals surface area contributed by atoms with Gasteiger partial charge in [-0.25, -0.2) is 4.98 Å². The Balaban J connectivity index is 1.08. The van der Waals surface area contributed by atoms with Crippen LogP contribution in [-0.4, -0.2) is 19.1 Å². The summed E-state index contributed by atoms with van der Waals surface area (Å²) in [6.45, 7) is 0. The summed E-state index contributed by atoms with van der Waals surface area (Å²) in [5, 5.41) is 3.61. The van der Waals surface area contributed by atoms with Crippen LogP contribution in [0.2, 0.25) is 0 Å². The molecule has 0 fully saturated rings. The van der Waals surface area contributed by atoms with Gasteiger partial charge in [-0.1, -0.05) is 133 Å². The fourth-order valence-electron chi connectivity index (χ4n) is 8.39. The van der Waals surface area contributed by atoms with Gasteiger partial charge in [0.05, 0.1) is 39.0 Å². The van der Waals surface area contributed by atoms with Gasteiger partial charge in [0.15, 0.2) is 0 Å². The number of fused-ring (bicyclic) bond motifs is 6. The summed E-state index contributed by atoms with van der Waals surface area (Å²) in [5.74, 6) is 0. The number of hydrogen-bond acceptors (Lipinski definition) is 2. The summed E-state index contributed by atoms with van der Waals surface area (Å²) in [5.41, 5.74) is 16.5. The van der Waals surface area contributed by atoms with E-state index in [-0.39, 0.29) is 0 Å². The molecule has 0 N–H and O–H groups in total. The Hall–Kier alpha value is -7.56. The fraction of sp³-hybridized carbons (Fsp3) is 0. The normalized spacial score (nSPS) is 11.6. The highest BCUT2D eigenvalue weighted by Crippen LogP contribution is 2.41. The molecule has 0 saturated carbocycles. The van der Waals surface area contributed by atoms with E-state index in [2.05, 4.69) is 191 Å². The highest BCUT2D eigenvalue weighted by atomic mass is 15.0. The molecule has 0 unspecified atom stereocenters. The Bertz CT molecular complexity index is 3160. The van der Waals surface area contributed by atoms with E-state index in [0.29, 0.717) is 0 Å². The lowest BCUT2D eigenvalue weighted by Crippen LogP contribution is -1.96. The first-order chi connectivity index (χ1) is 27.8. The highest BCUT2D eigenvalue weighted by molar-refractivity contribution is 6.15. The van der Waals surface area contributed by atoms with Gasteiger partial charge in [0.1, 0.15) is 0 Å². The maximum atomic E-state index is 5.10. The zero-order valence-electron chi connectivity index (χ0n) is 30.4. The molecule has 4 heterocycles. The predicted molar refractivity (Wildman–Crippen MR) is 232 cm³/mol. The summed E-state index contributed by atoms with van der Waals surface area (Å²) in [7, 11) is 0. The first kappa shape index (κ1) is 31.9. The molecule has 0 bridgehead atoms. The van der Waals surface area contributed by atoms with Crippen molar-refractivity contribution in [1.29, 1.82) is 0 Å². The second-order valence-corrected chi connectivity index (χ2v) is 14.2. The van der Waals surface area contributed by atoms with Crippen molar-refractivity contribution in [3.8, 4) is 56.1 Å². The molecule has 0 spiro atoms. The maximum Gasteiger partial charge on any atom is 0.0963 e. The second-order valence-electron chi connectivity index (χ2n) is 14.2. The average molecular weight is 715 g/mol. The minimum absolute atomic E-state index is 0.952. The standard InChI is InChI=1S/C52H34N4/c1-4-14-36(15-5-1)46-32-39(33-47(54-46)37-16-6-2-7-17-37)35-25-28-41(29-26-35)55-49-24-13-31-53-51(49)45-30-27-38(34-50(45)55)42-21-12-22-44-43-20-10-11-23-48(43)56(52(42)44)40-18-8-3-9-19-40/h1-34H. The molecule has 11 aromatic rings. The minimum atomic E-state index is 0.952. The second kappa shape index (κ2) is 13.1. The molecule has 56 heavy (non-hydrogen) atoms. The number of pyridine rings is 2. The van der Waals surface area contributed by atoms with Gasteiger partial charge < -0.3 is 9.13 Å². The van der Waals surface area contributed by atoms with Crippen molar-refractivity contribution in [3.63, 3.8) is 0 Å². The molecule has 7 aromatic carbocycles. The largest absolute Gasteiger partial charge is 0.309 e. The number of benzene rings is 7. The number of nitrogens with zero attached hydrogens (tertiary/aromatic N) is 4. The molecule has 4 aromatic heterocycles. The summed E-state index contributed by atoms with van der Waals surface area (Å²) >= 11 is 0. The van der Waals surface area contributed by atoms with Gasteiger partial charge in [0.2, 0.25) is 0 Å². The van der Waals surface area contributed by atoms with E-state index in [1.54, 1.807) is 0 Å². The Morgan fingerprint density at radius 3 is 1.68 bits per heavy atom. The van der Waals surface area contributed by atoms with Crippen molar-refractivity contribution < 1.29 is 0 Å². The monoisotopic (exact) mass is 714 g/mol. The van der Waals surface area contributed by atoms with Crippen molar-refractivity contribution in [2.24, 2.45) is 0 Å². The van der Waals surface area contributed by atoms with E-state index in [1.807, 2.05) is 24.4 Å². The Morgan fingerprint density at radius 2 is 0.946 bits per heavy atom. The molecule has 4 heteroatoms. The molecule has 4 nitrogen and oxygen atoms in total. The molecule has 0 aliphatic carbocycles. The molecule has 11 rings (SSSR count). The van der Waals surface area contributed by atoms with Gasteiger partial charge in [-0.05, 0) is 83.4 Å². The van der Waals surface area contributed by atoms with Gasteiger partial charge in [-0.3, -0.25) is 4.98 Å². The third-order valence-corrected chi connectivity index (χ3v) is 11.0. The van der Waals surface area contributed by atoms with E-state index in [4.69, 9.17) is 9.97 Å². The maximum absolute atomic E-state index is 5.10. The van der Waals surface area contributed by atoms with Gasteiger partial charge in [-0.2, -0.15) is 0 Å². The summed E-state index contributed by atoms with van der Waals surface area (Å²) in [6.07, 6.45) is 1.89. The first-order valence-corrected chi connectivity index (χ1v) is 19.0. The average Bonchev–Trinajstić information content (AvgIpc) is 3.80. The van der Waals surface area contributed by atoms with Crippen LogP contribution in [0.4, 0.5) is 0 Å². The van der Waals surface area contributed by atoms with Crippen LogP contribution in [-0.2, 0) is 0 Å². The smallest absolute Gasteiger partial charge is 0.0963 e. The van der Waals surface area contributed by atoms with Crippen LogP contribution in [0.25, 0.3) is 99.9 Å². The van der Waals surface area contributed by atoms with Crippen molar-refractivity contribution in [2.45, 2.75) is 0 Å². The zero-order chi connectivity index (χ0) is 37.0. The van der Waals surface area contributed by atoms with E-state index in [9.17, 15) is 0 Å². The molecule has 0 aliphatic rings. The predicted octanol–water partition coefficient (Wildman–Crippen LogP) is 13.3. The Morgan fingerprint density at radius 1 is 0.339 bits per heavy atom. The summed E-state index contributed by atoms with van der Waals surface area (Å²) in [6, 6.07) is 71.3. The molecule has 0 amide bonds. The third kappa shape index (κ3) is 5.23. The fourth-order valence-corrected chi connectivity index (χ4v) is 8.39. The SMILES string of the molecule is c1ccc(-c2cc(-c3ccc(-n4c5cc(-c6cccc7c8ccccc8n(-c8ccccc8)c67)ccc5c5ncccc54)cc3)cc(-c3ccccc3)n2)cc1. The van der Waals surface area contributed by atoms with Gasteiger partial charge in [-0.15, -0.1) is 0 Å². The third-order valence-electron chi connectivity index (χ3n) is 11.0. The molecule has 0 atom stereocenters. The molecular weight excluding hydrogens is 681 g/mol. The van der Waals surface area contributed by atoms with Crippen LogP contribution in [0, 0.1) is 0 Å². The molecule has 0 radical (unpaired) electrons. The lowest BCUT2D eigenvalue weighted by molar-refractivity contribution is 1.17.